The van der Waals surface area contributed by atoms with Crippen molar-refractivity contribution in [1.29, 1.82) is 0 Å². The quantitative estimate of drug-likeness (QED) is 0.534. The maximum atomic E-state index is 11.1. The molecule has 0 radical (unpaired) electrons. The van der Waals surface area contributed by atoms with E-state index in [1.165, 1.54) is 0 Å². The van der Waals surface area contributed by atoms with E-state index in [-0.39, 0.29) is 5.91 Å². The number of carbonyl (C=O) groups excluding carboxylic acids is 1. The zero-order valence-corrected chi connectivity index (χ0v) is 7.45. The van der Waals surface area contributed by atoms with Crippen molar-refractivity contribution in [3.8, 4) is 0 Å². The van der Waals surface area contributed by atoms with Gasteiger partial charge in [0.05, 0.1) is 19.8 Å². The van der Waals surface area contributed by atoms with Crippen LogP contribution in [0.15, 0.2) is 4.99 Å². The van der Waals surface area contributed by atoms with Crippen LogP contribution in [0.1, 0.15) is 6.42 Å². The van der Waals surface area contributed by atoms with Gasteiger partial charge in [0.2, 0.25) is 11.9 Å². The lowest BCUT2D eigenvalue weighted by Crippen LogP contribution is -2.50. The van der Waals surface area contributed by atoms with Gasteiger partial charge >= 0.3 is 0 Å². The highest BCUT2D eigenvalue weighted by atomic mass is 16.5. The molecule has 5 heteroatoms. The van der Waals surface area contributed by atoms with Gasteiger partial charge in [0.15, 0.2) is 0 Å². The molecular weight excluding hydrogens is 170 g/mol. The van der Waals surface area contributed by atoms with Crippen molar-refractivity contribution in [3.05, 3.63) is 0 Å². The number of aliphatic imine (C=N–C) groups is 1. The summed E-state index contributed by atoms with van der Waals surface area (Å²) in [4.78, 5) is 17.4. The molecule has 0 bridgehead atoms. The van der Waals surface area contributed by atoms with Gasteiger partial charge in [-0.25, -0.2) is 0 Å². The highest BCUT2D eigenvalue weighted by molar-refractivity contribution is 5.98. The zero-order chi connectivity index (χ0) is 9.10. The predicted molar refractivity (Wildman–Crippen MR) is 47.5 cm³/mol. The minimum atomic E-state index is 0.0662. The largest absolute Gasteiger partial charge is 0.378 e. The van der Waals surface area contributed by atoms with Gasteiger partial charge in [0.1, 0.15) is 0 Å². The van der Waals surface area contributed by atoms with Crippen molar-refractivity contribution >= 4 is 11.9 Å². The molecule has 0 aromatic rings. The van der Waals surface area contributed by atoms with Gasteiger partial charge in [-0.1, -0.05) is 0 Å². The van der Waals surface area contributed by atoms with E-state index >= 15 is 0 Å². The molecule has 0 unspecified atom stereocenters. The van der Waals surface area contributed by atoms with Crippen molar-refractivity contribution in [2.75, 3.05) is 32.8 Å². The third-order valence-corrected chi connectivity index (χ3v) is 2.16. The highest BCUT2D eigenvalue weighted by Crippen LogP contribution is 2.01. The number of hydrogen-bond donors (Lipinski definition) is 1. The molecule has 0 saturated carbocycles. The van der Waals surface area contributed by atoms with Crippen LogP contribution in [0, 0.1) is 0 Å². The van der Waals surface area contributed by atoms with Crippen LogP contribution in [0.25, 0.3) is 0 Å². The summed E-state index contributed by atoms with van der Waals surface area (Å²) in [5, 5.41) is 2.77. The molecule has 0 atom stereocenters. The molecule has 72 valence electrons. The second-order valence-corrected chi connectivity index (χ2v) is 3.10. The second kappa shape index (κ2) is 3.74. The fourth-order valence-corrected chi connectivity index (χ4v) is 1.44. The molecule has 0 spiro atoms. The molecule has 2 heterocycles. The lowest BCUT2D eigenvalue weighted by atomic mass is 10.3. The summed E-state index contributed by atoms with van der Waals surface area (Å²) >= 11 is 0. The standard InChI is InChI=1S/C8H13N3O2/c12-7-1-2-9-8(10-7)11-3-5-13-6-4-11/h1-6H2,(H,9,10,12). The van der Waals surface area contributed by atoms with Crippen LogP contribution in [0.5, 0.6) is 0 Å². The Labute approximate surface area is 76.8 Å². The fraction of sp³-hybridized carbons (Fsp3) is 0.750. The Morgan fingerprint density at radius 1 is 1.38 bits per heavy atom. The van der Waals surface area contributed by atoms with E-state index in [4.69, 9.17) is 4.74 Å². The van der Waals surface area contributed by atoms with Crippen LogP contribution < -0.4 is 5.32 Å². The summed E-state index contributed by atoms with van der Waals surface area (Å²) in [5.41, 5.74) is 0. The summed E-state index contributed by atoms with van der Waals surface area (Å²) in [6.45, 7) is 3.68. The molecule has 2 aliphatic heterocycles. The van der Waals surface area contributed by atoms with Gasteiger partial charge in [0, 0.05) is 19.5 Å². The van der Waals surface area contributed by atoms with E-state index in [0.717, 1.165) is 32.3 Å². The van der Waals surface area contributed by atoms with Crippen LogP contribution in [-0.4, -0.2) is 49.6 Å². The van der Waals surface area contributed by atoms with Gasteiger partial charge in [0.25, 0.3) is 0 Å². The van der Waals surface area contributed by atoms with E-state index in [9.17, 15) is 4.79 Å². The van der Waals surface area contributed by atoms with Crippen molar-refractivity contribution in [2.45, 2.75) is 6.42 Å². The lowest BCUT2D eigenvalue weighted by molar-refractivity contribution is -0.120. The third-order valence-electron chi connectivity index (χ3n) is 2.16. The first-order valence-electron chi connectivity index (χ1n) is 4.53. The van der Waals surface area contributed by atoms with Crippen LogP contribution in [0.4, 0.5) is 0 Å². The van der Waals surface area contributed by atoms with Crippen LogP contribution in [0.2, 0.25) is 0 Å². The van der Waals surface area contributed by atoms with Crippen molar-refractivity contribution in [1.82, 2.24) is 10.2 Å². The summed E-state index contributed by atoms with van der Waals surface area (Å²) < 4.78 is 5.21. The Bertz CT molecular complexity index is 234. The Morgan fingerprint density at radius 3 is 2.85 bits per heavy atom. The van der Waals surface area contributed by atoms with Gasteiger partial charge in [-0.15, -0.1) is 0 Å². The molecule has 13 heavy (non-hydrogen) atoms. The fourth-order valence-electron chi connectivity index (χ4n) is 1.44. The second-order valence-electron chi connectivity index (χ2n) is 3.10. The summed E-state index contributed by atoms with van der Waals surface area (Å²) in [6, 6.07) is 0. The van der Waals surface area contributed by atoms with E-state index in [0.29, 0.717) is 13.0 Å². The first-order valence-corrected chi connectivity index (χ1v) is 4.53. The summed E-state index contributed by atoms with van der Waals surface area (Å²) in [6.07, 6.45) is 0.508. The maximum absolute atomic E-state index is 11.1. The van der Waals surface area contributed by atoms with Gasteiger partial charge in [-0.05, 0) is 0 Å². The number of ether oxygens (including phenoxy) is 1. The number of hydrogen-bond acceptors (Lipinski definition) is 4. The Morgan fingerprint density at radius 2 is 2.15 bits per heavy atom. The molecule has 1 saturated heterocycles. The van der Waals surface area contributed by atoms with Crippen molar-refractivity contribution in [3.63, 3.8) is 0 Å². The number of morpholine rings is 1. The van der Waals surface area contributed by atoms with Gasteiger partial charge in [-0.2, -0.15) is 0 Å². The predicted octanol–water partition coefficient (Wildman–Crippen LogP) is -0.805. The van der Waals surface area contributed by atoms with Crippen LogP contribution >= 0.6 is 0 Å². The van der Waals surface area contributed by atoms with E-state index < -0.39 is 0 Å². The maximum Gasteiger partial charge on any atom is 0.228 e. The number of carbonyl (C=O) groups is 1. The highest BCUT2D eigenvalue weighted by Gasteiger charge is 2.19. The molecule has 1 fully saturated rings. The van der Waals surface area contributed by atoms with Crippen molar-refractivity contribution < 1.29 is 9.53 Å². The molecule has 0 aliphatic carbocycles. The topological polar surface area (TPSA) is 53.9 Å². The van der Waals surface area contributed by atoms with Crippen LogP contribution in [0.3, 0.4) is 0 Å². The Balaban J connectivity index is 1.98. The molecule has 0 aromatic heterocycles. The molecule has 1 N–H and O–H groups in total. The average Bonchev–Trinajstić information content (AvgIpc) is 2.19. The summed E-state index contributed by atoms with van der Waals surface area (Å²) in [7, 11) is 0. The number of nitrogens with zero attached hydrogens (tertiary/aromatic N) is 2. The van der Waals surface area contributed by atoms with E-state index in [1.54, 1.807) is 0 Å². The lowest BCUT2D eigenvalue weighted by Gasteiger charge is -2.30. The SMILES string of the molecule is O=C1CCN=C(N2CCOCC2)N1. The van der Waals surface area contributed by atoms with Gasteiger partial charge < -0.3 is 9.64 Å². The van der Waals surface area contributed by atoms with Crippen LogP contribution in [-0.2, 0) is 9.53 Å². The molecule has 5 nitrogen and oxygen atoms in total. The minimum Gasteiger partial charge on any atom is -0.378 e. The first kappa shape index (κ1) is 8.50. The van der Waals surface area contributed by atoms with Crippen molar-refractivity contribution in [2.24, 2.45) is 4.99 Å². The normalized spacial score (nSPS) is 23.8. The number of amides is 1. The van der Waals surface area contributed by atoms with E-state index in [1.807, 2.05) is 0 Å². The molecule has 1 amide bonds. The number of guanidine groups is 1. The first-order chi connectivity index (χ1) is 6.36. The molecule has 0 aromatic carbocycles. The average molecular weight is 183 g/mol. The number of nitrogens with one attached hydrogen (secondary N) is 1. The number of rotatable bonds is 0. The molecule has 2 rings (SSSR count). The molecule has 2 aliphatic rings. The Hall–Kier alpha value is -1.10. The monoisotopic (exact) mass is 183 g/mol. The van der Waals surface area contributed by atoms with Gasteiger partial charge in [-0.3, -0.25) is 15.1 Å². The van der Waals surface area contributed by atoms with E-state index in [2.05, 4.69) is 15.2 Å². The smallest absolute Gasteiger partial charge is 0.228 e. The zero-order valence-electron chi connectivity index (χ0n) is 7.45. The third kappa shape index (κ3) is 1.98. The molecular formula is C8H13N3O2. The Kier molecular flexibility index (Phi) is 2.44. The summed E-state index contributed by atoms with van der Waals surface area (Å²) in [5.74, 6) is 0.788. The minimum absolute atomic E-state index is 0.0662.